The molecule has 0 saturated carbocycles. The number of benzene rings is 1. The number of nitrogens with one attached hydrogen (secondary N) is 2. The van der Waals surface area contributed by atoms with Gasteiger partial charge in [-0.1, -0.05) is 24.6 Å². The first-order valence-corrected chi connectivity index (χ1v) is 10.5. The number of aromatic nitrogens is 1. The minimum atomic E-state index is -0.982. The molecule has 1 aliphatic carbocycles. The third-order valence-electron chi connectivity index (χ3n) is 5.23. The Morgan fingerprint density at radius 2 is 2.03 bits per heavy atom. The number of aromatic amines is 1. The fourth-order valence-electron chi connectivity index (χ4n) is 3.68. The van der Waals surface area contributed by atoms with E-state index in [0.717, 1.165) is 48.6 Å². The molecule has 0 saturated heterocycles. The molecule has 29 heavy (non-hydrogen) atoms. The van der Waals surface area contributed by atoms with Crippen LogP contribution in [-0.2, 0) is 22.4 Å². The van der Waals surface area contributed by atoms with E-state index in [1.54, 1.807) is 6.20 Å². The van der Waals surface area contributed by atoms with Crippen molar-refractivity contribution in [1.29, 1.82) is 5.26 Å². The summed E-state index contributed by atoms with van der Waals surface area (Å²) in [4.78, 5) is 29.4. The van der Waals surface area contributed by atoms with Crippen LogP contribution in [0.3, 0.4) is 0 Å². The second-order valence-electron chi connectivity index (χ2n) is 7.17. The first kappa shape index (κ1) is 19.2. The number of rotatable bonds is 4. The van der Waals surface area contributed by atoms with Gasteiger partial charge in [-0.25, -0.2) is 4.79 Å². The fraction of sp³-hybridized carbons (Fsp3) is 0.318. The van der Waals surface area contributed by atoms with Gasteiger partial charge in [0, 0.05) is 22.0 Å². The van der Waals surface area contributed by atoms with Gasteiger partial charge >= 0.3 is 5.97 Å². The van der Waals surface area contributed by atoms with Crippen molar-refractivity contribution in [2.24, 2.45) is 0 Å². The minimum absolute atomic E-state index is 0.390. The van der Waals surface area contributed by atoms with Crippen LogP contribution in [0, 0.1) is 11.3 Å². The van der Waals surface area contributed by atoms with Gasteiger partial charge in [0.25, 0.3) is 5.91 Å². The van der Waals surface area contributed by atoms with Crippen LogP contribution < -0.4 is 5.32 Å². The lowest BCUT2D eigenvalue weighted by Gasteiger charge is -2.13. The SMILES string of the molecule is CC(OC(=O)c1c[nH]c2ccccc12)C(=O)Nc1sc2c(c1C#N)CCCCC2. The van der Waals surface area contributed by atoms with Crippen LogP contribution in [0.4, 0.5) is 5.00 Å². The van der Waals surface area contributed by atoms with Crippen LogP contribution >= 0.6 is 11.3 Å². The fourth-order valence-corrected chi connectivity index (χ4v) is 4.92. The molecule has 0 spiro atoms. The number of aryl methyl sites for hydroxylation is 1. The Balaban J connectivity index is 1.48. The summed E-state index contributed by atoms with van der Waals surface area (Å²) in [5, 5.41) is 13.7. The molecule has 0 aliphatic heterocycles. The highest BCUT2D eigenvalue weighted by Gasteiger charge is 2.25. The molecule has 0 radical (unpaired) electrons. The Morgan fingerprint density at radius 3 is 2.86 bits per heavy atom. The molecule has 2 N–H and O–H groups in total. The Bertz CT molecular complexity index is 1120. The number of H-pyrrole nitrogens is 1. The number of carbonyl (C=O) groups is 2. The van der Waals surface area contributed by atoms with Gasteiger partial charge in [-0.15, -0.1) is 11.3 Å². The highest BCUT2D eigenvalue weighted by Crippen LogP contribution is 2.37. The van der Waals surface area contributed by atoms with Crippen molar-refractivity contribution in [1.82, 2.24) is 4.98 Å². The minimum Gasteiger partial charge on any atom is -0.449 e. The van der Waals surface area contributed by atoms with Gasteiger partial charge in [0.1, 0.15) is 11.1 Å². The Hall–Kier alpha value is -3.11. The average molecular weight is 407 g/mol. The summed E-state index contributed by atoms with van der Waals surface area (Å²) in [6.07, 6.45) is 5.74. The number of nitrogens with zero attached hydrogens (tertiary/aromatic N) is 1. The molecule has 148 valence electrons. The first-order valence-electron chi connectivity index (χ1n) is 9.71. The van der Waals surface area contributed by atoms with E-state index in [4.69, 9.17) is 4.74 Å². The molecule has 0 bridgehead atoms. The summed E-state index contributed by atoms with van der Waals surface area (Å²) in [6, 6.07) is 9.65. The molecule has 6 nitrogen and oxygen atoms in total. The third kappa shape index (κ3) is 3.76. The molecule has 3 aromatic rings. The number of ether oxygens (including phenoxy) is 1. The number of fused-ring (bicyclic) bond motifs is 2. The van der Waals surface area contributed by atoms with E-state index in [0.29, 0.717) is 16.1 Å². The van der Waals surface area contributed by atoms with Gasteiger partial charge < -0.3 is 15.0 Å². The maximum Gasteiger partial charge on any atom is 0.341 e. The second kappa shape index (κ2) is 8.10. The van der Waals surface area contributed by atoms with Crippen molar-refractivity contribution in [3.63, 3.8) is 0 Å². The summed E-state index contributed by atoms with van der Waals surface area (Å²) in [6.45, 7) is 1.53. The van der Waals surface area contributed by atoms with E-state index in [2.05, 4.69) is 16.4 Å². The molecule has 2 aromatic heterocycles. The maximum absolute atomic E-state index is 12.6. The number of hydrogen-bond donors (Lipinski definition) is 2. The van der Waals surface area contributed by atoms with Gasteiger partial charge in [0.05, 0.1) is 11.1 Å². The summed E-state index contributed by atoms with van der Waals surface area (Å²) < 4.78 is 5.38. The second-order valence-corrected chi connectivity index (χ2v) is 8.27. The zero-order valence-corrected chi connectivity index (χ0v) is 16.9. The molecular weight excluding hydrogens is 386 g/mol. The normalized spacial score (nSPS) is 14.5. The molecular formula is C22H21N3O3S. The molecule has 0 fully saturated rings. The van der Waals surface area contributed by atoms with Gasteiger partial charge in [-0.3, -0.25) is 4.79 Å². The van der Waals surface area contributed by atoms with Crippen LogP contribution in [0.2, 0.25) is 0 Å². The monoisotopic (exact) mass is 407 g/mol. The van der Waals surface area contributed by atoms with E-state index >= 15 is 0 Å². The lowest BCUT2D eigenvalue weighted by atomic mass is 10.1. The molecule has 7 heteroatoms. The molecule has 1 unspecified atom stereocenters. The van der Waals surface area contributed by atoms with Gasteiger partial charge in [-0.2, -0.15) is 5.26 Å². The van der Waals surface area contributed by atoms with E-state index < -0.39 is 18.0 Å². The number of amides is 1. The van der Waals surface area contributed by atoms with Crippen LogP contribution in [0.25, 0.3) is 10.9 Å². The Morgan fingerprint density at radius 1 is 1.24 bits per heavy atom. The predicted octanol–water partition coefficient (Wildman–Crippen LogP) is 4.55. The number of esters is 1. The number of nitriles is 1. The van der Waals surface area contributed by atoms with Crippen LogP contribution in [0.15, 0.2) is 30.5 Å². The molecule has 1 aliphatic rings. The molecule has 1 amide bonds. The largest absolute Gasteiger partial charge is 0.449 e. The Kier molecular flexibility index (Phi) is 5.36. The number of thiophene rings is 1. The first-order chi connectivity index (χ1) is 14.1. The number of hydrogen-bond acceptors (Lipinski definition) is 5. The summed E-state index contributed by atoms with van der Waals surface area (Å²) >= 11 is 1.46. The van der Waals surface area contributed by atoms with E-state index in [-0.39, 0.29) is 0 Å². The number of anilines is 1. The van der Waals surface area contributed by atoms with Crippen LogP contribution in [0.1, 0.15) is 52.5 Å². The smallest absolute Gasteiger partial charge is 0.341 e. The van der Waals surface area contributed by atoms with Gasteiger partial charge in [0.15, 0.2) is 6.10 Å². The molecule has 1 aromatic carbocycles. The standard InChI is InChI=1S/C22H21N3O3S/c1-13(28-22(27)17-12-24-18-9-6-5-7-14(17)18)20(26)25-21-16(11-23)15-8-3-2-4-10-19(15)29-21/h5-7,9,12-13,24H,2-4,8,10H2,1H3,(H,25,26). The zero-order chi connectivity index (χ0) is 20.4. The van der Waals surface area contributed by atoms with Crippen LogP contribution in [0.5, 0.6) is 0 Å². The van der Waals surface area contributed by atoms with Crippen molar-refractivity contribution < 1.29 is 14.3 Å². The third-order valence-corrected chi connectivity index (χ3v) is 6.44. The number of carbonyl (C=O) groups excluding carboxylic acids is 2. The van der Waals surface area contributed by atoms with Crippen molar-refractivity contribution in [3.8, 4) is 6.07 Å². The molecule has 1 atom stereocenters. The lowest BCUT2D eigenvalue weighted by molar-refractivity contribution is -0.123. The van der Waals surface area contributed by atoms with Crippen molar-refractivity contribution >= 4 is 39.1 Å². The highest BCUT2D eigenvalue weighted by molar-refractivity contribution is 7.16. The average Bonchev–Trinajstić information content (AvgIpc) is 3.21. The van der Waals surface area contributed by atoms with Crippen molar-refractivity contribution in [3.05, 3.63) is 52.0 Å². The van der Waals surface area contributed by atoms with E-state index in [1.165, 1.54) is 23.1 Å². The summed E-state index contributed by atoms with van der Waals surface area (Å²) in [5.41, 5.74) is 2.83. The number of para-hydroxylation sites is 1. The quantitative estimate of drug-likeness (QED) is 0.490. The molecule has 4 rings (SSSR count). The summed E-state index contributed by atoms with van der Waals surface area (Å²) in [5.74, 6) is -1.00. The lowest BCUT2D eigenvalue weighted by Crippen LogP contribution is -2.29. The van der Waals surface area contributed by atoms with Gasteiger partial charge in [-0.05, 0) is 44.2 Å². The topological polar surface area (TPSA) is 95.0 Å². The Labute approximate surface area is 172 Å². The highest BCUT2D eigenvalue weighted by atomic mass is 32.1. The molecule has 2 heterocycles. The van der Waals surface area contributed by atoms with E-state index in [1.807, 2.05) is 24.3 Å². The summed E-state index contributed by atoms with van der Waals surface area (Å²) in [7, 11) is 0. The van der Waals surface area contributed by atoms with Crippen molar-refractivity contribution in [2.75, 3.05) is 5.32 Å². The van der Waals surface area contributed by atoms with Crippen molar-refractivity contribution in [2.45, 2.75) is 45.1 Å². The van der Waals surface area contributed by atoms with E-state index in [9.17, 15) is 14.9 Å². The zero-order valence-electron chi connectivity index (χ0n) is 16.1. The van der Waals surface area contributed by atoms with Gasteiger partial charge in [0.2, 0.25) is 0 Å². The van der Waals surface area contributed by atoms with Crippen LogP contribution in [-0.4, -0.2) is 23.0 Å². The maximum atomic E-state index is 12.6. The predicted molar refractivity (Wildman–Crippen MR) is 112 cm³/mol.